The van der Waals surface area contributed by atoms with Gasteiger partial charge in [-0.05, 0) is 82.2 Å². The van der Waals surface area contributed by atoms with Crippen molar-refractivity contribution in [2.24, 2.45) is 0 Å². The molecule has 5 rings (SSSR count). The van der Waals surface area contributed by atoms with Crippen LogP contribution < -0.4 is 4.74 Å². The summed E-state index contributed by atoms with van der Waals surface area (Å²) in [5.74, 6) is 1.95. The molecular formula is C33H42N4O7S. The predicted octanol–water partition coefficient (Wildman–Crippen LogP) is 6.62. The lowest BCUT2D eigenvalue weighted by atomic mass is 10.00. The van der Waals surface area contributed by atoms with E-state index in [2.05, 4.69) is 28.9 Å². The molecule has 4 heterocycles. The molecule has 0 bridgehead atoms. The molecule has 45 heavy (non-hydrogen) atoms. The fraction of sp³-hybridized carbons (Fsp3) is 0.455. The third-order valence-electron chi connectivity index (χ3n) is 7.12. The zero-order valence-electron chi connectivity index (χ0n) is 27.0. The van der Waals surface area contributed by atoms with Gasteiger partial charge in [0.05, 0.1) is 24.2 Å². The molecule has 0 saturated heterocycles. The van der Waals surface area contributed by atoms with Crippen molar-refractivity contribution < 1.29 is 33.1 Å². The number of ether oxygens (including phenoxy) is 4. The number of fused-ring (bicyclic) bond motifs is 2. The maximum Gasteiger partial charge on any atom is 0.410 e. The number of amides is 1. The van der Waals surface area contributed by atoms with Crippen LogP contribution in [0.15, 0.2) is 47.2 Å². The molecule has 242 valence electrons. The first kappa shape index (κ1) is 32.4. The molecule has 1 amide bonds. The Morgan fingerprint density at radius 1 is 1.09 bits per heavy atom. The van der Waals surface area contributed by atoms with Crippen molar-refractivity contribution in [3.8, 4) is 22.8 Å². The first-order chi connectivity index (χ1) is 21.3. The van der Waals surface area contributed by atoms with Crippen LogP contribution in [-0.2, 0) is 33.9 Å². The van der Waals surface area contributed by atoms with Crippen LogP contribution >= 0.6 is 10.0 Å². The van der Waals surface area contributed by atoms with Crippen LogP contribution in [0.2, 0.25) is 0 Å². The van der Waals surface area contributed by atoms with Gasteiger partial charge in [0.2, 0.25) is 0 Å². The summed E-state index contributed by atoms with van der Waals surface area (Å²) in [5.41, 5.74) is 2.95. The van der Waals surface area contributed by atoms with Gasteiger partial charge in [0.15, 0.2) is 11.5 Å². The number of aromatic nitrogens is 3. The Kier molecular flexibility index (Phi) is 9.45. The van der Waals surface area contributed by atoms with E-state index in [9.17, 15) is 9.59 Å². The van der Waals surface area contributed by atoms with Gasteiger partial charge in [-0.15, -0.1) is 0 Å². The molecular weight excluding hydrogens is 596 g/mol. The number of pyridine rings is 1. The lowest BCUT2D eigenvalue weighted by Gasteiger charge is -2.31. The van der Waals surface area contributed by atoms with Crippen molar-refractivity contribution in [1.29, 1.82) is 0 Å². The molecule has 1 aromatic carbocycles. The number of carbonyl (C=O) groups excluding carboxylic acids is 2. The maximum atomic E-state index is 12.8. The Morgan fingerprint density at radius 3 is 2.62 bits per heavy atom. The second kappa shape index (κ2) is 13.1. The summed E-state index contributed by atoms with van der Waals surface area (Å²) in [6.07, 6.45) is 10.7. The summed E-state index contributed by atoms with van der Waals surface area (Å²) in [6.45, 7) is 9.47. The van der Waals surface area contributed by atoms with Gasteiger partial charge in [-0.2, -0.15) is 0 Å². The first-order valence-corrected chi connectivity index (χ1v) is 18.0. The molecule has 0 N–H and O–H groups in total. The van der Waals surface area contributed by atoms with Crippen LogP contribution in [0.3, 0.4) is 0 Å². The molecule has 0 spiro atoms. The number of esters is 1. The summed E-state index contributed by atoms with van der Waals surface area (Å²) < 4.78 is 30.8. The highest BCUT2D eigenvalue weighted by molar-refractivity contribution is 8.32. The lowest BCUT2D eigenvalue weighted by Crippen LogP contribution is -2.39. The number of carbonyl (C=O) groups is 2. The van der Waals surface area contributed by atoms with E-state index in [1.54, 1.807) is 30.2 Å². The second-order valence-electron chi connectivity index (χ2n) is 12.8. The Bertz CT molecular complexity index is 1680. The lowest BCUT2D eigenvalue weighted by molar-refractivity contribution is 0.0223. The van der Waals surface area contributed by atoms with E-state index in [0.717, 1.165) is 23.3 Å². The molecule has 0 aliphatic carbocycles. The van der Waals surface area contributed by atoms with Gasteiger partial charge in [-0.25, -0.2) is 24.6 Å². The summed E-state index contributed by atoms with van der Waals surface area (Å²) in [7, 11) is -0.699. The topological polar surface area (TPSA) is 118 Å². The monoisotopic (exact) mass is 638 g/mol. The fourth-order valence-electron chi connectivity index (χ4n) is 4.94. The van der Waals surface area contributed by atoms with Crippen molar-refractivity contribution in [3.05, 3.63) is 59.5 Å². The Hall–Kier alpha value is -4.03. The molecule has 0 radical (unpaired) electrons. The second-order valence-corrected chi connectivity index (χ2v) is 17.4. The molecule has 4 aromatic rings. The van der Waals surface area contributed by atoms with E-state index in [4.69, 9.17) is 23.5 Å². The van der Waals surface area contributed by atoms with E-state index in [-0.39, 0.29) is 25.1 Å². The SMILES string of the molecule is CCOC(=O)c1cc(-c2cn(COCCS(C)(C)C)c3nccc(Oc4ccc5c(c4)CN(C(=O)OC(C)(C)C)CC5)c23)on1. The number of hydrogen-bond acceptors (Lipinski definition) is 9. The van der Waals surface area contributed by atoms with Gasteiger partial charge in [0.1, 0.15) is 29.5 Å². The molecule has 0 unspecified atom stereocenters. The summed E-state index contributed by atoms with van der Waals surface area (Å²) in [6, 6.07) is 9.27. The van der Waals surface area contributed by atoms with E-state index >= 15 is 0 Å². The predicted molar refractivity (Wildman–Crippen MR) is 174 cm³/mol. The molecule has 12 heteroatoms. The number of hydrogen-bond donors (Lipinski definition) is 0. The number of nitrogens with zero attached hydrogens (tertiary/aromatic N) is 4. The normalized spacial score (nSPS) is 13.9. The molecule has 0 saturated carbocycles. The van der Waals surface area contributed by atoms with Crippen LogP contribution in [0.4, 0.5) is 4.79 Å². The quantitative estimate of drug-likeness (QED) is 0.139. The smallest absolute Gasteiger partial charge is 0.410 e. The zero-order chi connectivity index (χ0) is 32.4. The molecule has 0 fully saturated rings. The van der Waals surface area contributed by atoms with Crippen LogP contribution in [0.1, 0.15) is 49.3 Å². The third-order valence-corrected chi connectivity index (χ3v) is 8.51. The van der Waals surface area contributed by atoms with Gasteiger partial charge >= 0.3 is 12.1 Å². The minimum Gasteiger partial charge on any atom is -0.461 e. The molecule has 3 aromatic heterocycles. The highest BCUT2D eigenvalue weighted by atomic mass is 32.3. The Balaban J connectivity index is 1.46. The minimum absolute atomic E-state index is 0.0766. The maximum absolute atomic E-state index is 12.8. The number of rotatable bonds is 10. The van der Waals surface area contributed by atoms with Crippen molar-refractivity contribution in [2.75, 3.05) is 44.3 Å². The van der Waals surface area contributed by atoms with Crippen LogP contribution in [-0.4, -0.2) is 81.5 Å². The molecule has 1 aliphatic heterocycles. The average Bonchev–Trinajstić information content (AvgIpc) is 3.60. The van der Waals surface area contributed by atoms with Gasteiger partial charge in [0.25, 0.3) is 0 Å². The largest absolute Gasteiger partial charge is 0.461 e. The third kappa shape index (κ3) is 7.98. The van der Waals surface area contributed by atoms with Gasteiger partial charge < -0.3 is 32.9 Å². The summed E-state index contributed by atoms with van der Waals surface area (Å²) in [4.78, 5) is 31.5. The first-order valence-electron chi connectivity index (χ1n) is 14.9. The highest BCUT2D eigenvalue weighted by Crippen LogP contribution is 2.39. The molecule has 0 atom stereocenters. The zero-order valence-corrected chi connectivity index (χ0v) is 27.9. The standard InChI is InChI=1S/C33H42N4O7S/c1-8-41-31(38)26-18-28(44-35-26)25-20-37(21-40-15-16-45(5,6)7)30-29(25)27(11-13-34-30)42-24-10-9-22-12-14-36(19-23(22)17-24)32(39)43-33(2,3)4/h9-11,13,17-18,20H,8,12,14-16,19,21H2,1-7H3. The van der Waals surface area contributed by atoms with Crippen LogP contribution in [0.5, 0.6) is 11.5 Å². The van der Waals surface area contributed by atoms with Gasteiger partial charge in [0, 0.05) is 37.3 Å². The van der Waals surface area contributed by atoms with Crippen molar-refractivity contribution in [1.82, 2.24) is 19.6 Å². The summed E-state index contributed by atoms with van der Waals surface area (Å²) in [5, 5.41) is 4.63. The Morgan fingerprint density at radius 2 is 1.89 bits per heavy atom. The minimum atomic E-state index is -0.699. The number of benzene rings is 1. The Labute approximate surface area is 265 Å². The van der Waals surface area contributed by atoms with E-state index in [1.807, 2.05) is 49.7 Å². The fourth-order valence-corrected chi connectivity index (χ4v) is 5.56. The summed E-state index contributed by atoms with van der Waals surface area (Å²) >= 11 is 0. The molecule has 11 nitrogen and oxygen atoms in total. The van der Waals surface area contributed by atoms with Crippen molar-refractivity contribution in [2.45, 2.75) is 53.0 Å². The highest BCUT2D eigenvalue weighted by Gasteiger charge is 2.27. The van der Waals surface area contributed by atoms with E-state index < -0.39 is 21.6 Å². The van der Waals surface area contributed by atoms with Crippen LogP contribution in [0.25, 0.3) is 22.4 Å². The van der Waals surface area contributed by atoms with E-state index in [0.29, 0.717) is 53.6 Å². The van der Waals surface area contributed by atoms with Gasteiger partial charge in [-0.1, -0.05) is 11.2 Å². The van der Waals surface area contributed by atoms with Crippen LogP contribution in [0, 0.1) is 0 Å². The van der Waals surface area contributed by atoms with Crippen molar-refractivity contribution in [3.63, 3.8) is 0 Å². The van der Waals surface area contributed by atoms with Crippen molar-refractivity contribution >= 4 is 33.1 Å². The molecule has 1 aliphatic rings. The van der Waals surface area contributed by atoms with Gasteiger partial charge in [-0.3, -0.25) is 0 Å². The average molecular weight is 639 g/mol. The van der Waals surface area contributed by atoms with E-state index in [1.165, 1.54) is 0 Å².